The highest BCUT2D eigenvalue weighted by Crippen LogP contribution is 2.15. The van der Waals surface area contributed by atoms with Crippen LogP contribution in [0.25, 0.3) is 0 Å². The van der Waals surface area contributed by atoms with Crippen molar-refractivity contribution < 1.29 is 9.53 Å². The van der Waals surface area contributed by atoms with E-state index in [4.69, 9.17) is 10.5 Å². The molecule has 3 N–H and O–H groups in total. The molecule has 0 bridgehead atoms. The van der Waals surface area contributed by atoms with Gasteiger partial charge in [0.15, 0.2) is 0 Å². The topological polar surface area (TPSA) is 64.4 Å². The van der Waals surface area contributed by atoms with E-state index in [1.54, 1.807) is 0 Å². The van der Waals surface area contributed by atoms with Crippen molar-refractivity contribution >= 4 is 5.91 Å². The lowest BCUT2D eigenvalue weighted by atomic mass is 10.1. The number of ether oxygens (including phenoxy) is 1. The maximum Gasteiger partial charge on any atom is 0.237 e. The SMILES string of the molecule is CCCC(N)C(=O)NC(C)C1CCCO1. The standard InChI is InChI=1S/C11H22N2O2/c1-3-5-9(12)11(14)13-8(2)10-6-4-7-15-10/h8-10H,3-7,12H2,1-2H3,(H,13,14). The molecule has 1 rings (SSSR count). The van der Waals surface area contributed by atoms with Crippen LogP contribution in [-0.2, 0) is 9.53 Å². The summed E-state index contributed by atoms with van der Waals surface area (Å²) in [5.74, 6) is -0.0557. The number of hydrogen-bond donors (Lipinski definition) is 2. The molecular formula is C11H22N2O2. The monoisotopic (exact) mass is 214 g/mol. The van der Waals surface area contributed by atoms with Gasteiger partial charge in [0.2, 0.25) is 5.91 Å². The highest BCUT2D eigenvalue weighted by atomic mass is 16.5. The molecule has 88 valence electrons. The lowest BCUT2D eigenvalue weighted by Crippen LogP contribution is -2.48. The molecule has 1 heterocycles. The van der Waals surface area contributed by atoms with E-state index in [0.717, 1.165) is 32.3 Å². The number of nitrogens with one attached hydrogen (secondary N) is 1. The molecule has 0 saturated carbocycles. The molecule has 0 aromatic carbocycles. The fraction of sp³-hybridized carbons (Fsp3) is 0.909. The van der Waals surface area contributed by atoms with Crippen LogP contribution in [0.1, 0.15) is 39.5 Å². The zero-order valence-corrected chi connectivity index (χ0v) is 9.66. The van der Waals surface area contributed by atoms with Gasteiger partial charge in [-0.2, -0.15) is 0 Å². The number of hydrogen-bond acceptors (Lipinski definition) is 3. The lowest BCUT2D eigenvalue weighted by molar-refractivity contribution is -0.124. The molecule has 0 aromatic heterocycles. The summed E-state index contributed by atoms with van der Waals surface area (Å²) in [6.45, 7) is 4.81. The van der Waals surface area contributed by atoms with Gasteiger partial charge in [-0.1, -0.05) is 13.3 Å². The molecule has 1 saturated heterocycles. The summed E-state index contributed by atoms with van der Waals surface area (Å²) in [7, 11) is 0. The average Bonchev–Trinajstić information content (AvgIpc) is 2.70. The number of carbonyl (C=O) groups excluding carboxylic acids is 1. The molecule has 1 aliphatic rings. The minimum absolute atomic E-state index is 0.0557. The Morgan fingerprint density at radius 3 is 2.93 bits per heavy atom. The van der Waals surface area contributed by atoms with Crippen LogP contribution in [0.4, 0.5) is 0 Å². The van der Waals surface area contributed by atoms with E-state index < -0.39 is 0 Å². The Labute approximate surface area is 91.5 Å². The Balaban J connectivity index is 2.29. The second kappa shape index (κ2) is 6.08. The van der Waals surface area contributed by atoms with Crippen molar-refractivity contribution in [3.05, 3.63) is 0 Å². The quantitative estimate of drug-likeness (QED) is 0.711. The van der Waals surface area contributed by atoms with E-state index in [2.05, 4.69) is 5.32 Å². The maximum absolute atomic E-state index is 11.6. The second-order valence-corrected chi connectivity index (χ2v) is 4.24. The molecule has 4 heteroatoms. The van der Waals surface area contributed by atoms with Crippen LogP contribution in [-0.4, -0.2) is 30.7 Å². The molecule has 0 radical (unpaired) electrons. The number of amides is 1. The summed E-state index contributed by atoms with van der Waals surface area (Å²) < 4.78 is 5.50. The first-order valence-corrected chi connectivity index (χ1v) is 5.82. The first kappa shape index (κ1) is 12.5. The largest absolute Gasteiger partial charge is 0.376 e. The Morgan fingerprint density at radius 2 is 2.40 bits per heavy atom. The fourth-order valence-corrected chi connectivity index (χ4v) is 1.86. The van der Waals surface area contributed by atoms with Gasteiger partial charge in [0, 0.05) is 6.61 Å². The third-order valence-electron chi connectivity index (χ3n) is 2.83. The van der Waals surface area contributed by atoms with Crippen molar-refractivity contribution in [3.8, 4) is 0 Å². The Hall–Kier alpha value is -0.610. The molecule has 15 heavy (non-hydrogen) atoms. The third-order valence-corrected chi connectivity index (χ3v) is 2.83. The molecule has 3 atom stereocenters. The van der Waals surface area contributed by atoms with Crippen molar-refractivity contribution in [1.82, 2.24) is 5.32 Å². The number of carbonyl (C=O) groups is 1. The van der Waals surface area contributed by atoms with Crippen LogP contribution >= 0.6 is 0 Å². The van der Waals surface area contributed by atoms with Crippen LogP contribution in [0.3, 0.4) is 0 Å². The molecule has 0 aromatic rings. The van der Waals surface area contributed by atoms with Crippen LogP contribution in [0, 0.1) is 0 Å². The predicted molar refractivity (Wildman–Crippen MR) is 59.5 cm³/mol. The zero-order valence-electron chi connectivity index (χ0n) is 9.66. The van der Waals surface area contributed by atoms with Crippen molar-refractivity contribution in [2.75, 3.05) is 6.61 Å². The van der Waals surface area contributed by atoms with Crippen molar-refractivity contribution in [2.45, 2.75) is 57.7 Å². The van der Waals surface area contributed by atoms with E-state index in [1.165, 1.54) is 0 Å². The van der Waals surface area contributed by atoms with E-state index in [-0.39, 0.29) is 24.1 Å². The number of nitrogens with two attached hydrogens (primary N) is 1. The third kappa shape index (κ3) is 3.80. The first-order valence-electron chi connectivity index (χ1n) is 5.82. The van der Waals surface area contributed by atoms with Gasteiger partial charge < -0.3 is 15.8 Å². The van der Waals surface area contributed by atoms with Gasteiger partial charge in [0.1, 0.15) is 0 Å². The molecule has 0 aliphatic carbocycles. The van der Waals surface area contributed by atoms with Gasteiger partial charge in [-0.25, -0.2) is 0 Å². The molecule has 0 spiro atoms. The molecule has 1 amide bonds. The molecule has 4 nitrogen and oxygen atoms in total. The molecule has 1 fully saturated rings. The van der Waals surface area contributed by atoms with Gasteiger partial charge in [-0.15, -0.1) is 0 Å². The van der Waals surface area contributed by atoms with E-state index in [1.807, 2.05) is 13.8 Å². The first-order chi connectivity index (χ1) is 7.15. The van der Waals surface area contributed by atoms with E-state index in [0.29, 0.717) is 0 Å². The van der Waals surface area contributed by atoms with Crippen LogP contribution in [0.15, 0.2) is 0 Å². The maximum atomic E-state index is 11.6. The summed E-state index contributed by atoms with van der Waals surface area (Å²) in [4.78, 5) is 11.6. The Kier molecular flexibility index (Phi) is 5.05. The lowest BCUT2D eigenvalue weighted by Gasteiger charge is -2.21. The van der Waals surface area contributed by atoms with E-state index >= 15 is 0 Å². The second-order valence-electron chi connectivity index (χ2n) is 4.24. The molecule has 3 unspecified atom stereocenters. The molecule has 1 aliphatic heterocycles. The van der Waals surface area contributed by atoms with E-state index in [9.17, 15) is 4.79 Å². The van der Waals surface area contributed by atoms with Crippen molar-refractivity contribution in [1.29, 1.82) is 0 Å². The Bertz CT molecular complexity index is 203. The van der Waals surface area contributed by atoms with Gasteiger partial charge in [0.05, 0.1) is 18.2 Å². The Morgan fingerprint density at radius 1 is 1.67 bits per heavy atom. The smallest absolute Gasteiger partial charge is 0.237 e. The van der Waals surface area contributed by atoms with Gasteiger partial charge in [-0.05, 0) is 26.2 Å². The van der Waals surface area contributed by atoms with Crippen LogP contribution in [0.5, 0.6) is 0 Å². The summed E-state index contributed by atoms with van der Waals surface area (Å²) in [5, 5.41) is 2.92. The molecular weight excluding hydrogens is 192 g/mol. The summed E-state index contributed by atoms with van der Waals surface area (Å²) >= 11 is 0. The van der Waals surface area contributed by atoms with Crippen LogP contribution in [0.2, 0.25) is 0 Å². The summed E-state index contributed by atoms with van der Waals surface area (Å²) in [6.07, 6.45) is 3.96. The van der Waals surface area contributed by atoms with Crippen molar-refractivity contribution in [3.63, 3.8) is 0 Å². The van der Waals surface area contributed by atoms with Gasteiger partial charge >= 0.3 is 0 Å². The number of rotatable bonds is 5. The fourth-order valence-electron chi connectivity index (χ4n) is 1.86. The van der Waals surface area contributed by atoms with Gasteiger partial charge in [-0.3, -0.25) is 4.79 Å². The van der Waals surface area contributed by atoms with Gasteiger partial charge in [0.25, 0.3) is 0 Å². The minimum atomic E-state index is -0.376. The zero-order chi connectivity index (χ0) is 11.3. The van der Waals surface area contributed by atoms with Crippen LogP contribution < -0.4 is 11.1 Å². The minimum Gasteiger partial charge on any atom is -0.376 e. The highest BCUT2D eigenvalue weighted by Gasteiger charge is 2.24. The normalized spacial score (nSPS) is 24.9. The average molecular weight is 214 g/mol. The predicted octanol–water partition coefficient (Wildman–Crippen LogP) is 0.797. The van der Waals surface area contributed by atoms with Crippen molar-refractivity contribution in [2.24, 2.45) is 5.73 Å². The highest BCUT2D eigenvalue weighted by molar-refractivity contribution is 5.81. The summed E-state index contributed by atoms with van der Waals surface area (Å²) in [5.41, 5.74) is 5.72. The summed E-state index contributed by atoms with van der Waals surface area (Å²) in [6, 6.07) is -0.304.